The van der Waals surface area contributed by atoms with Gasteiger partial charge in [0.05, 0.1) is 6.61 Å². The van der Waals surface area contributed by atoms with Gasteiger partial charge in [-0.1, -0.05) is 11.6 Å². The number of hydrogen-bond donors (Lipinski definition) is 4. The standard InChI is InChI=1S/C12H15ClO6/c13-6-1-3-7(4-2-6)18-12-11(17)10(16)9(15)8(5-14)19-12/h1-4,8-12,14-17H,5H2/t8-,9-,10+,11-,12-/m0/s1. The predicted molar refractivity (Wildman–Crippen MR) is 65.8 cm³/mol. The molecule has 0 spiro atoms. The van der Waals surface area contributed by atoms with E-state index in [1.165, 1.54) is 0 Å². The van der Waals surface area contributed by atoms with E-state index in [-0.39, 0.29) is 0 Å². The Morgan fingerprint density at radius 2 is 1.68 bits per heavy atom. The van der Waals surface area contributed by atoms with Gasteiger partial charge in [0.2, 0.25) is 6.29 Å². The fraction of sp³-hybridized carbons (Fsp3) is 0.500. The lowest BCUT2D eigenvalue weighted by atomic mass is 9.99. The molecular formula is C12H15ClO6. The van der Waals surface area contributed by atoms with Crippen molar-refractivity contribution in [2.45, 2.75) is 30.7 Å². The van der Waals surface area contributed by atoms with Crippen molar-refractivity contribution in [3.63, 3.8) is 0 Å². The molecule has 4 N–H and O–H groups in total. The molecule has 0 radical (unpaired) electrons. The highest BCUT2D eigenvalue weighted by atomic mass is 35.5. The van der Waals surface area contributed by atoms with Gasteiger partial charge in [-0.3, -0.25) is 0 Å². The summed E-state index contributed by atoms with van der Waals surface area (Å²) in [5.74, 6) is 0.383. The Morgan fingerprint density at radius 1 is 1.05 bits per heavy atom. The summed E-state index contributed by atoms with van der Waals surface area (Å²) in [4.78, 5) is 0. The molecule has 0 aliphatic carbocycles. The molecule has 1 saturated heterocycles. The molecule has 6 nitrogen and oxygen atoms in total. The molecule has 1 aromatic rings. The third-order valence-corrected chi connectivity index (χ3v) is 3.17. The SMILES string of the molecule is OC[C@@H]1O[C@H](Oc2ccc(Cl)cc2)[C@@H](O)[C@H](O)[C@H]1O. The Hall–Kier alpha value is -0.890. The van der Waals surface area contributed by atoms with Crippen molar-refractivity contribution < 1.29 is 29.9 Å². The lowest BCUT2D eigenvalue weighted by molar-refractivity contribution is -0.277. The van der Waals surface area contributed by atoms with Gasteiger partial charge in [0.1, 0.15) is 30.2 Å². The second kappa shape index (κ2) is 6.04. The molecule has 19 heavy (non-hydrogen) atoms. The highest BCUT2D eigenvalue weighted by Crippen LogP contribution is 2.24. The first-order valence-corrected chi connectivity index (χ1v) is 6.13. The zero-order valence-corrected chi connectivity index (χ0v) is 10.6. The molecule has 2 rings (SSSR count). The number of hydrogen-bond acceptors (Lipinski definition) is 6. The van der Waals surface area contributed by atoms with E-state index in [1.807, 2.05) is 0 Å². The highest BCUT2D eigenvalue weighted by molar-refractivity contribution is 6.30. The number of benzene rings is 1. The smallest absolute Gasteiger partial charge is 0.229 e. The summed E-state index contributed by atoms with van der Waals surface area (Å²) in [7, 11) is 0. The summed E-state index contributed by atoms with van der Waals surface area (Å²) in [6.07, 6.45) is -6.45. The van der Waals surface area contributed by atoms with E-state index in [0.717, 1.165) is 0 Å². The van der Waals surface area contributed by atoms with E-state index in [2.05, 4.69) is 0 Å². The minimum Gasteiger partial charge on any atom is -0.462 e. The van der Waals surface area contributed by atoms with Crippen LogP contribution in [0.4, 0.5) is 0 Å². The lowest BCUT2D eigenvalue weighted by Crippen LogP contribution is -2.60. The van der Waals surface area contributed by atoms with Crippen molar-refractivity contribution >= 4 is 11.6 Å². The van der Waals surface area contributed by atoms with Crippen LogP contribution in [0.2, 0.25) is 5.02 Å². The van der Waals surface area contributed by atoms with Gasteiger partial charge in [0.25, 0.3) is 0 Å². The number of aliphatic hydroxyl groups excluding tert-OH is 4. The van der Waals surface area contributed by atoms with Crippen molar-refractivity contribution in [2.24, 2.45) is 0 Å². The molecule has 0 bridgehead atoms. The number of ether oxygens (including phenoxy) is 2. The van der Waals surface area contributed by atoms with Crippen LogP contribution >= 0.6 is 11.6 Å². The minimum absolute atomic E-state index is 0.383. The van der Waals surface area contributed by atoms with Gasteiger partial charge in [0.15, 0.2) is 0 Å². The summed E-state index contributed by atoms with van der Waals surface area (Å²) in [6.45, 7) is -0.495. The van der Waals surface area contributed by atoms with E-state index < -0.39 is 37.3 Å². The third-order valence-electron chi connectivity index (χ3n) is 2.91. The van der Waals surface area contributed by atoms with Gasteiger partial charge in [0, 0.05) is 5.02 Å². The molecular weight excluding hydrogens is 276 g/mol. The molecule has 0 unspecified atom stereocenters. The van der Waals surface area contributed by atoms with Crippen molar-refractivity contribution in [3.8, 4) is 5.75 Å². The van der Waals surface area contributed by atoms with E-state index in [9.17, 15) is 15.3 Å². The topological polar surface area (TPSA) is 99.4 Å². The Kier molecular flexibility index (Phi) is 4.62. The second-order valence-corrected chi connectivity index (χ2v) is 4.71. The molecule has 1 aliphatic heterocycles. The quantitative estimate of drug-likeness (QED) is 0.600. The van der Waals surface area contributed by atoms with Crippen LogP contribution < -0.4 is 4.74 Å². The Balaban J connectivity index is 2.08. The molecule has 7 heteroatoms. The summed E-state index contributed by atoms with van der Waals surface area (Å²) >= 11 is 5.73. The maximum atomic E-state index is 9.77. The third kappa shape index (κ3) is 3.17. The first-order valence-electron chi connectivity index (χ1n) is 5.75. The second-order valence-electron chi connectivity index (χ2n) is 4.27. The van der Waals surface area contributed by atoms with Crippen molar-refractivity contribution in [2.75, 3.05) is 6.61 Å². The maximum Gasteiger partial charge on any atom is 0.229 e. The zero-order chi connectivity index (χ0) is 14.0. The van der Waals surface area contributed by atoms with Gasteiger partial charge in [-0.2, -0.15) is 0 Å². The fourth-order valence-electron chi connectivity index (χ4n) is 1.81. The monoisotopic (exact) mass is 290 g/mol. The van der Waals surface area contributed by atoms with Crippen molar-refractivity contribution in [3.05, 3.63) is 29.3 Å². The average molecular weight is 291 g/mol. The Morgan fingerprint density at radius 3 is 2.26 bits per heavy atom. The predicted octanol–water partition coefficient (Wildman–Crippen LogP) is -0.481. The van der Waals surface area contributed by atoms with Crippen molar-refractivity contribution in [1.82, 2.24) is 0 Å². The molecule has 1 heterocycles. The van der Waals surface area contributed by atoms with Crippen LogP contribution in [0.1, 0.15) is 0 Å². The van der Waals surface area contributed by atoms with Crippen LogP contribution in [0.25, 0.3) is 0 Å². The van der Waals surface area contributed by atoms with Gasteiger partial charge < -0.3 is 29.9 Å². The van der Waals surface area contributed by atoms with E-state index >= 15 is 0 Å². The van der Waals surface area contributed by atoms with Gasteiger partial charge in [-0.25, -0.2) is 0 Å². The molecule has 0 aromatic heterocycles. The zero-order valence-electron chi connectivity index (χ0n) is 9.89. The van der Waals surface area contributed by atoms with Crippen LogP contribution in [0.5, 0.6) is 5.75 Å². The number of halogens is 1. The first kappa shape index (κ1) is 14.5. The highest BCUT2D eigenvalue weighted by Gasteiger charge is 2.44. The molecule has 0 saturated carbocycles. The maximum absolute atomic E-state index is 9.77. The molecule has 106 valence electrons. The van der Waals surface area contributed by atoms with Gasteiger partial charge >= 0.3 is 0 Å². The van der Waals surface area contributed by atoms with Crippen LogP contribution in [0.3, 0.4) is 0 Å². The van der Waals surface area contributed by atoms with Gasteiger partial charge in [-0.05, 0) is 24.3 Å². The van der Waals surface area contributed by atoms with Crippen molar-refractivity contribution in [1.29, 1.82) is 0 Å². The average Bonchev–Trinajstić information content (AvgIpc) is 2.42. The Bertz CT molecular complexity index is 409. The lowest BCUT2D eigenvalue weighted by Gasteiger charge is -2.39. The Labute approximate surface area is 114 Å². The normalized spacial score (nSPS) is 35.1. The fourth-order valence-corrected chi connectivity index (χ4v) is 1.94. The van der Waals surface area contributed by atoms with E-state index in [4.69, 9.17) is 26.2 Å². The largest absolute Gasteiger partial charge is 0.462 e. The summed E-state index contributed by atoms with van der Waals surface area (Å²) in [5.41, 5.74) is 0. The number of aliphatic hydroxyl groups is 4. The molecule has 5 atom stereocenters. The van der Waals surface area contributed by atoms with Crippen LogP contribution in [-0.2, 0) is 4.74 Å². The first-order chi connectivity index (χ1) is 9.02. The summed E-state index contributed by atoms with van der Waals surface area (Å²) < 4.78 is 10.6. The molecule has 1 aromatic carbocycles. The summed E-state index contributed by atoms with van der Waals surface area (Å²) in [6, 6.07) is 6.34. The molecule has 1 aliphatic rings. The van der Waals surface area contributed by atoms with Gasteiger partial charge in [-0.15, -0.1) is 0 Å². The van der Waals surface area contributed by atoms with Crippen LogP contribution in [-0.4, -0.2) is 57.7 Å². The molecule has 0 amide bonds. The van der Waals surface area contributed by atoms with Crippen LogP contribution in [0.15, 0.2) is 24.3 Å². The number of rotatable bonds is 3. The van der Waals surface area contributed by atoms with Crippen LogP contribution in [0, 0.1) is 0 Å². The van der Waals surface area contributed by atoms with E-state index in [0.29, 0.717) is 10.8 Å². The molecule has 1 fully saturated rings. The summed E-state index contributed by atoms with van der Waals surface area (Å²) in [5, 5.41) is 38.5. The van der Waals surface area contributed by atoms with E-state index in [1.54, 1.807) is 24.3 Å². The minimum atomic E-state index is -1.46.